The first kappa shape index (κ1) is 19.7. The number of carbonyl (C=O) groups excluding carboxylic acids is 2. The number of amides is 2. The average molecular weight is 383 g/mol. The Morgan fingerprint density at radius 3 is 2.64 bits per heavy atom. The van der Waals surface area contributed by atoms with E-state index in [1.165, 1.54) is 0 Å². The van der Waals surface area contributed by atoms with E-state index in [-0.39, 0.29) is 17.7 Å². The fraction of sp³-hybridized carbons (Fsp3) is 0.381. The number of ether oxygens (including phenoxy) is 2. The van der Waals surface area contributed by atoms with Crippen LogP contribution in [0.3, 0.4) is 0 Å². The fourth-order valence-corrected chi connectivity index (χ4v) is 3.21. The molecule has 28 heavy (non-hydrogen) atoms. The standard InChI is InChI=1S/C21H25N3O4/c1-15(25)24-10-7-17(8-11-24)21(26)23-18-5-6-19(27-2)20(12-18)28-14-16-4-3-9-22-13-16/h3-6,9,12-13,17H,7-8,10-11,14H2,1-2H3,(H,23,26). The third-order valence-corrected chi connectivity index (χ3v) is 4.86. The van der Waals surface area contributed by atoms with Crippen molar-refractivity contribution < 1.29 is 19.1 Å². The molecule has 0 aliphatic carbocycles. The predicted molar refractivity (Wildman–Crippen MR) is 105 cm³/mol. The molecule has 7 nitrogen and oxygen atoms in total. The quantitative estimate of drug-likeness (QED) is 0.830. The summed E-state index contributed by atoms with van der Waals surface area (Å²) in [5.74, 6) is 1.07. The molecule has 0 spiro atoms. The lowest BCUT2D eigenvalue weighted by Crippen LogP contribution is -2.40. The number of benzene rings is 1. The molecular weight excluding hydrogens is 358 g/mol. The molecule has 2 aromatic rings. The van der Waals surface area contributed by atoms with E-state index in [4.69, 9.17) is 9.47 Å². The Labute approximate surface area is 164 Å². The maximum atomic E-state index is 12.6. The molecule has 1 saturated heterocycles. The van der Waals surface area contributed by atoms with Crippen LogP contribution in [0.1, 0.15) is 25.3 Å². The van der Waals surface area contributed by atoms with Gasteiger partial charge in [-0.3, -0.25) is 14.6 Å². The van der Waals surface area contributed by atoms with Gasteiger partial charge >= 0.3 is 0 Å². The number of anilines is 1. The highest BCUT2D eigenvalue weighted by molar-refractivity contribution is 5.93. The second kappa shape index (κ2) is 9.21. The summed E-state index contributed by atoms with van der Waals surface area (Å²) in [7, 11) is 1.58. The van der Waals surface area contributed by atoms with Gasteiger partial charge in [0.15, 0.2) is 11.5 Å². The van der Waals surface area contributed by atoms with Crippen molar-refractivity contribution in [2.45, 2.75) is 26.4 Å². The van der Waals surface area contributed by atoms with Crippen molar-refractivity contribution in [1.82, 2.24) is 9.88 Å². The maximum absolute atomic E-state index is 12.6. The lowest BCUT2D eigenvalue weighted by molar-refractivity contribution is -0.132. The number of rotatable bonds is 6. The number of hydrogen-bond acceptors (Lipinski definition) is 5. The summed E-state index contributed by atoms with van der Waals surface area (Å²) in [6, 6.07) is 9.10. The topological polar surface area (TPSA) is 80.8 Å². The van der Waals surface area contributed by atoms with Gasteiger partial charge in [-0.05, 0) is 31.0 Å². The zero-order chi connectivity index (χ0) is 19.9. The number of nitrogens with one attached hydrogen (secondary N) is 1. The summed E-state index contributed by atoms with van der Waals surface area (Å²) >= 11 is 0. The first-order valence-corrected chi connectivity index (χ1v) is 9.33. The Morgan fingerprint density at radius 2 is 2.00 bits per heavy atom. The van der Waals surface area contributed by atoms with Crippen LogP contribution in [0.2, 0.25) is 0 Å². The molecule has 1 N–H and O–H groups in total. The molecule has 3 rings (SSSR count). The second-order valence-electron chi connectivity index (χ2n) is 6.79. The number of nitrogens with zero attached hydrogens (tertiary/aromatic N) is 2. The van der Waals surface area contributed by atoms with Crippen LogP contribution in [-0.4, -0.2) is 41.9 Å². The molecule has 0 radical (unpaired) electrons. The minimum Gasteiger partial charge on any atom is -0.493 e. The normalized spacial score (nSPS) is 14.4. The van der Waals surface area contributed by atoms with Gasteiger partial charge in [0, 0.05) is 55.6 Å². The highest BCUT2D eigenvalue weighted by atomic mass is 16.5. The molecule has 0 atom stereocenters. The molecule has 1 aromatic heterocycles. The van der Waals surface area contributed by atoms with Crippen LogP contribution >= 0.6 is 0 Å². The minimum absolute atomic E-state index is 0.0356. The summed E-state index contributed by atoms with van der Waals surface area (Å²) in [5.41, 5.74) is 1.59. The van der Waals surface area contributed by atoms with Crippen LogP contribution in [0.4, 0.5) is 5.69 Å². The zero-order valence-electron chi connectivity index (χ0n) is 16.2. The van der Waals surface area contributed by atoms with Gasteiger partial charge in [-0.2, -0.15) is 0 Å². The Morgan fingerprint density at radius 1 is 1.21 bits per heavy atom. The largest absolute Gasteiger partial charge is 0.493 e. The van der Waals surface area contributed by atoms with Crippen LogP contribution in [-0.2, 0) is 16.2 Å². The second-order valence-corrected chi connectivity index (χ2v) is 6.79. The third-order valence-electron chi connectivity index (χ3n) is 4.86. The van der Waals surface area contributed by atoms with Crippen molar-refractivity contribution in [3.8, 4) is 11.5 Å². The van der Waals surface area contributed by atoms with Crippen molar-refractivity contribution in [3.05, 3.63) is 48.3 Å². The number of aromatic nitrogens is 1. The van der Waals surface area contributed by atoms with E-state index >= 15 is 0 Å². The van der Waals surface area contributed by atoms with Crippen molar-refractivity contribution in [2.24, 2.45) is 5.92 Å². The van der Waals surface area contributed by atoms with E-state index < -0.39 is 0 Å². The van der Waals surface area contributed by atoms with E-state index in [1.807, 2.05) is 12.1 Å². The lowest BCUT2D eigenvalue weighted by Gasteiger charge is -2.30. The highest BCUT2D eigenvalue weighted by Gasteiger charge is 2.26. The Hall–Kier alpha value is -3.09. The van der Waals surface area contributed by atoms with Crippen molar-refractivity contribution in [2.75, 3.05) is 25.5 Å². The molecule has 2 amide bonds. The van der Waals surface area contributed by atoms with Gasteiger partial charge in [-0.15, -0.1) is 0 Å². The van der Waals surface area contributed by atoms with Crippen LogP contribution in [0, 0.1) is 5.92 Å². The minimum atomic E-state index is -0.0996. The van der Waals surface area contributed by atoms with Gasteiger partial charge < -0.3 is 19.7 Å². The van der Waals surface area contributed by atoms with Crippen LogP contribution in [0.25, 0.3) is 0 Å². The Kier molecular flexibility index (Phi) is 6.47. The molecule has 1 aliphatic rings. The van der Waals surface area contributed by atoms with Gasteiger partial charge in [-0.25, -0.2) is 0 Å². The molecule has 0 unspecified atom stereocenters. The Bertz CT molecular complexity index is 818. The highest BCUT2D eigenvalue weighted by Crippen LogP contribution is 2.31. The molecule has 1 aromatic carbocycles. The van der Waals surface area contributed by atoms with E-state index in [2.05, 4.69) is 10.3 Å². The van der Waals surface area contributed by atoms with Gasteiger partial charge in [0.25, 0.3) is 0 Å². The van der Waals surface area contributed by atoms with Crippen molar-refractivity contribution in [3.63, 3.8) is 0 Å². The molecule has 1 fully saturated rings. The van der Waals surface area contributed by atoms with E-state index in [9.17, 15) is 9.59 Å². The lowest BCUT2D eigenvalue weighted by atomic mass is 9.96. The molecule has 2 heterocycles. The SMILES string of the molecule is COc1ccc(NC(=O)C2CCN(C(C)=O)CC2)cc1OCc1cccnc1. The maximum Gasteiger partial charge on any atom is 0.227 e. The summed E-state index contributed by atoms with van der Waals surface area (Å²) in [4.78, 5) is 29.9. The number of hydrogen-bond donors (Lipinski definition) is 1. The smallest absolute Gasteiger partial charge is 0.227 e. The van der Waals surface area contributed by atoms with Crippen molar-refractivity contribution >= 4 is 17.5 Å². The average Bonchev–Trinajstić information content (AvgIpc) is 2.73. The molecule has 1 aliphatic heterocycles. The summed E-state index contributed by atoms with van der Waals surface area (Å²) < 4.78 is 11.2. The third kappa shape index (κ3) is 5.00. The summed E-state index contributed by atoms with van der Waals surface area (Å²) in [6.45, 7) is 3.15. The van der Waals surface area contributed by atoms with E-state index in [0.29, 0.717) is 49.7 Å². The van der Waals surface area contributed by atoms with Crippen molar-refractivity contribution in [1.29, 1.82) is 0 Å². The summed E-state index contributed by atoms with van der Waals surface area (Å²) in [6.07, 6.45) is 4.80. The number of piperidine rings is 1. The number of methoxy groups -OCH3 is 1. The van der Waals surface area contributed by atoms with Gasteiger partial charge in [0.2, 0.25) is 11.8 Å². The monoisotopic (exact) mass is 383 g/mol. The van der Waals surface area contributed by atoms with Gasteiger partial charge in [0.1, 0.15) is 6.61 Å². The molecule has 7 heteroatoms. The van der Waals surface area contributed by atoms with Gasteiger partial charge in [0.05, 0.1) is 7.11 Å². The Balaban J connectivity index is 1.62. The van der Waals surface area contributed by atoms with Crippen LogP contribution in [0.5, 0.6) is 11.5 Å². The molecule has 0 bridgehead atoms. The molecular formula is C21H25N3O4. The predicted octanol–water partition coefficient (Wildman–Crippen LogP) is 2.87. The van der Waals surface area contributed by atoms with Crippen LogP contribution in [0.15, 0.2) is 42.7 Å². The first-order valence-electron chi connectivity index (χ1n) is 9.33. The first-order chi connectivity index (χ1) is 13.6. The molecule has 148 valence electrons. The summed E-state index contributed by atoms with van der Waals surface area (Å²) in [5, 5.41) is 2.96. The fourth-order valence-electron chi connectivity index (χ4n) is 3.21. The van der Waals surface area contributed by atoms with E-state index in [0.717, 1.165) is 5.56 Å². The number of pyridine rings is 1. The van der Waals surface area contributed by atoms with E-state index in [1.54, 1.807) is 49.5 Å². The van der Waals surface area contributed by atoms with Gasteiger partial charge in [-0.1, -0.05) is 6.07 Å². The number of carbonyl (C=O) groups is 2. The zero-order valence-corrected chi connectivity index (χ0v) is 16.2. The van der Waals surface area contributed by atoms with Crippen LogP contribution < -0.4 is 14.8 Å². The molecule has 0 saturated carbocycles. The number of likely N-dealkylation sites (tertiary alicyclic amines) is 1.